The van der Waals surface area contributed by atoms with E-state index >= 15 is 0 Å². The maximum Gasteiger partial charge on any atom is 0.122 e. The Hall–Kier alpha value is -1.06. The molecule has 13 heavy (non-hydrogen) atoms. The van der Waals surface area contributed by atoms with E-state index in [2.05, 4.69) is 5.32 Å². The third kappa shape index (κ3) is 1.30. The number of hydrogen-bond acceptors (Lipinski definition) is 3. The topological polar surface area (TPSA) is 52.5 Å². The highest BCUT2D eigenvalue weighted by atomic mass is 16.3. The Balaban J connectivity index is 2.40. The molecule has 0 atom stereocenters. The van der Waals surface area contributed by atoms with E-state index in [1.54, 1.807) is 12.1 Å². The molecule has 0 radical (unpaired) electrons. The van der Waals surface area contributed by atoms with Crippen molar-refractivity contribution in [1.82, 2.24) is 5.32 Å². The Morgan fingerprint density at radius 1 is 1.38 bits per heavy atom. The second-order valence-electron chi connectivity index (χ2n) is 3.66. The lowest BCUT2D eigenvalue weighted by Crippen LogP contribution is -2.56. The molecule has 2 rings (SSSR count). The van der Waals surface area contributed by atoms with Gasteiger partial charge < -0.3 is 15.5 Å². The van der Waals surface area contributed by atoms with Crippen LogP contribution in [0.3, 0.4) is 0 Å². The molecular formula is C10H13NO2. The summed E-state index contributed by atoms with van der Waals surface area (Å²) in [7, 11) is 0. The first-order valence-corrected chi connectivity index (χ1v) is 4.35. The third-order valence-electron chi connectivity index (χ3n) is 2.49. The minimum atomic E-state index is -0.863. The molecule has 3 nitrogen and oxygen atoms in total. The number of phenols is 1. The molecule has 1 aliphatic heterocycles. The van der Waals surface area contributed by atoms with Gasteiger partial charge in [-0.1, -0.05) is 12.1 Å². The highest BCUT2D eigenvalue weighted by Gasteiger charge is 2.38. The standard InChI is InChI=1S/C10H13NO2/c1-7-2-3-8(9(12)4-7)10(13)5-11-6-10/h2-4,11-13H,5-6H2,1H3. The Morgan fingerprint density at radius 3 is 2.54 bits per heavy atom. The largest absolute Gasteiger partial charge is 0.508 e. The number of benzene rings is 1. The van der Waals surface area contributed by atoms with E-state index in [9.17, 15) is 10.2 Å². The minimum Gasteiger partial charge on any atom is -0.508 e. The van der Waals surface area contributed by atoms with Gasteiger partial charge in [-0.2, -0.15) is 0 Å². The summed E-state index contributed by atoms with van der Waals surface area (Å²) in [5, 5.41) is 22.5. The van der Waals surface area contributed by atoms with Gasteiger partial charge in [0.05, 0.1) is 0 Å². The van der Waals surface area contributed by atoms with Crippen molar-refractivity contribution < 1.29 is 10.2 Å². The third-order valence-corrected chi connectivity index (χ3v) is 2.49. The van der Waals surface area contributed by atoms with Gasteiger partial charge in [0.2, 0.25) is 0 Å². The highest BCUT2D eigenvalue weighted by Crippen LogP contribution is 2.32. The summed E-state index contributed by atoms with van der Waals surface area (Å²) in [4.78, 5) is 0. The lowest BCUT2D eigenvalue weighted by atomic mass is 9.87. The van der Waals surface area contributed by atoms with E-state index in [1.165, 1.54) is 0 Å². The molecule has 0 bridgehead atoms. The van der Waals surface area contributed by atoms with Crippen molar-refractivity contribution in [3.05, 3.63) is 29.3 Å². The van der Waals surface area contributed by atoms with Crippen molar-refractivity contribution in [2.24, 2.45) is 0 Å². The van der Waals surface area contributed by atoms with Gasteiger partial charge in [0, 0.05) is 18.7 Å². The number of rotatable bonds is 1. The van der Waals surface area contributed by atoms with Gasteiger partial charge in [-0.15, -0.1) is 0 Å². The Bertz CT molecular complexity index is 332. The molecule has 0 aromatic heterocycles. The monoisotopic (exact) mass is 179 g/mol. The molecule has 1 aromatic rings. The molecule has 0 unspecified atom stereocenters. The molecule has 3 N–H and O–H groups in total. The van der Waals surface area contributed by atoms with Crippen molar-refractivity contribution in [1.29, 1.82) is 0 Å². The van der Waals surface area contributed by atoms with Gasteiger partial charge in [0.25, 0.3) is 0 Å². The molecule has 1 heterocycles. The first-order valence-electron chi connectivity index (χ1n) is 4.35. The second-order valence-corrected chi connectivity index (χ2v) is 3.66. The van der Waals surface area contributed by atoms with Crippen LogP contribution in [0.1, 0.15) is 11.1 Å². The van der Waals surface area contributed by atoms with Crippen molar-refractivity contribution >= 4 is 0 Å². The van der Waals surface area contributed by atoms with Gasteiger partial charge in [-0.3, -0.25) is 0 Å². The Morgan fingerprint density at radius 2 is 2.08 bits per heavy atom. The van der Waals surface area contributed by atoms with Crippen LogP contribution in [0.25, 0.3) is 0 Å². The zero-order valence-electron chi connectivity index (χ0n) is 7.54. The highest BCUT2D eigenvalue weighted by molar-refractivity contribution is 5.41. The Kier molecular flexibility index (Phi) is 1.78. The molecule has 3 heteroatoms. The lowest BCUT2D eigenvalue weighted by Gasteiger charge is -2.38. The molecule has 1 aromatic carbocycles. The summed E-state index contributed by atoms with van der Waals surface area (Å²) in [6.45, 7) is 2.94. The number of aliphatic hydroxyl groups is 1. The quantitative estimate of drug-likeness (QED) is 0.588. The summed E-state index contributed by atoms with van der Waals surface area (Å²) < 4.78 is 0. The molecule has 0 saturated carbocycles. The fraction of sp³-hybridized carbons (Fsp3) is 0.400. The van der Waals surface area contributed by atoms with Crippen molar-refractivity contribution in [3.63, 3.8) is 0 Å². The fourth-order valence-electron chi connectivity index (χ4n) is 1.59. The van der Waals surface area contributed by atoms with E-state index in [4.69, 9.17) is 0 Å². The number of aryl methyl sites for hydroxylation is 1. The van der Waals surface area contributed by atoms with Gasteiger partial charge in [-0.05, 0) is 18.6 Å². The predicted molar refractivity (Wildman–Crippen MR) is 49.6 cm³/mol. The number of hydrogen-bond donors (Lipinski definition) is 3. The van der Waals surface area contributed by atoms with Crippen molar-refractivity contribution in [2.75, 3.05) is 13.1 Å². The van der Waals surface area contributed by atoms with Crippen molar-refractivity contribution in [2.45, 2.75) is 12.5 Å². The summed E-state index contributed by atoms with van der Waals surface area (Å²) >= 11 is 0. The lowest BCUT2D eigenvalue weighted by molar-refractivity contribution is -0.0164. The molecule has 1 saturated heterocycles. The summed E-state index contributed by atoms with van der Waals surface area (Å²) in [6.07, 6.45) is 0. The normalized spacial score (nSPS) is 19.5. The molecule has 0 amide bonds. The fourth-order valence-corrected chi connectivity index (χ4v) is 1.59. The smallest absolute Gasteiger partial charge is 0.122 e. The first-order chi connectivity index (χ1) is 6.12. The van der Waals surface area contributed by atoms with Crippen LogP contribution in [0.4, 0.5) is 0 Å². The molecular weight excluding hydrogens is 166 g/mol. The maximum atomic E-state index is 9.93. The molecule has 0 aliphatic carbocycles. The Labute approximate surface area is 77.0 Å². The molecule has 1 aliphatic rings. The predicted octanol–water partition coefficient (Wildman–Crippen LogP) is 0.491. The SMILES string of the molecule is Cc1ccc(C2(O)CNC2)c(O)c1. The van der Waals surface area contributed by atoms with E-state index in [1.807, 2.05) is 13.0 Å². The van der Waals surface area contributed by atoms with Crippen molar-refractivity contribution in [3.8, 4) is 5.75 Å². The average Bonchev–Trinajstić information content (AvgIpc) is 2.00. The van der Waals surface area contributed by atoms with E-state index in [0.29, 0.717) is 18.7 Å². The zero-order chi connectivity index (χ0) is 9.47. The number of phenolic OH excluding ortho intramolecular Hbond substituents is 1. The van der Waals surface area contributed by atoms with E-state index in [-0.39, 0.29) is 5.75 Å². The number of β-amino-alcohol motifs (C(OH)–C–C–N with tert-alkyl or cyclic N) is 1. The molecule has 0 spiro atoms. The van der Waals surface area contributed by atoms with Gasteiger partial charge in [0.1, 0.15) is 11.4 Å². The zero-order valence-corrected chi connectivity index (χ0v) is 7.54. The van der Waals surface area contributed by atoms with Crippen LogP contribution < -0.4 is 5.32 Å². The van der Waals surface area contributed by atoms with Crippen LogP contribution in [0.15, 0.2) is 18.2 Å². The number of nitrogens with one attached hydrogen (secondary N) is 1. The average molecular weight is 179 g/mol. The van der Waals surface area contributed by atoms with Gasteiger partial charge in [0.15, 0.2) is 0 Å². The molecule has 1 fully saturated rings. The van der Waals surface area contributed by atoms with Crippen LogP contribution in [0.5, 0.6) is 5.75 Å². The van der Waals surface area contributed by atoms with Gasteiger partial charge in [-0.25, -0.2) is 0 Å². The minimum absolute atomic E-state index is 0.184. The van der Waals surface area contributed by atoms with Crippen LogP contribution in [-0.4, -0.2) is 23.3 Å². The van der Waals surface area contributed by atoms with Crippen LogP contribution in [-0.2, 0) is 5.60 Å². The van der Waals surface area contributed by atoms with Crippen LogP contribution in [0.2, 0.25) is 0 Å². The maximum absolute atomic E-state index is 9.93. The van der Waals surface area contributed by atoms with Crippen LogP contribution >= 0.6 is 0 Å². The van der Waals surface area contributed by atoms with E-state index < -0.39 is 5.60 Å². The molecule has 70 valence electrons. The van der Waals surface area contributed by atoms with E-state index in [0.717, 1.165) is 5.56 Å². The summed E-state index contributed by atoms with van der Waals surface area (Å²) in [5.74, 6) is 0.184. The van der Waals surface area contributed by atoms with Crippen LogP contribution in [0, 0.1) is 6.92 Å². The summed E-state index contributed by atoms with van der Waals surface area (Å²) in [6, 6.07) is 5.35. The summed E-state index contributed by atoms with van der Waals surface area (Å²) in [5.41, 5.74) is 0.756. The van der Waals surface area contributed by atoms with Gasteiger partial charge >= 0.3 is 0 Å². The second kappa shape index (κ2) is 2.72. The first kappa shape index (κ1) is 8.53. The number of aromatic hydroxyl groups is 1.